The van der Waals surface area contributed by atoms with Gasteiger partial charge in [0, 0.05) is 51.6 Å². The molecule has 1 aliphatic rings. The molecule has 0 bridgehead atoms. The number of amides is 1. The van der Waals surface area contributed by atoms with Crippen molar-refractivity contribution in [3.05, 3.63) is 29.8 Å². The molecule has 0 unspecified atom stereocenters. The average molecular weight is 348 g/mol. The minimum atomic E-state index is -0.975. The SMILES string of the molecule is CC(=O)N1CCN(CCOc2ccc(C(=O)CCC(=O)O)cc2)CC1. The van der Waals surface area contributed by atoms with E-state index in [1.807, 2.05) is 4.90 Å². The van der Waals surface area contributed by atoms with Crippen LogP contribution >= 0.6 is 0 Å². The first-order chi connectivity index (χ1) is 12.0. The summed E-state index contributed by atoms with van der Waals surface area (Å²) in [5.74, 6) is -0.360. The number of hydrogen-bond acceptors (Lipinski definition) is 5. The van der Waals surface area contributed by atoms with E-state index in [-0.39, 0.29) is 24.5 Å². The molecule has 0 aliphatic carbocycles. The fourth-order valence-electron chi connectivity index (χ4n) is 2.68. The van der Waals surface area contributed by atoms with Crippen LogP contribution in [0.1, 0.15) is 30.1 Å². The molecule has 1 fully saturated rings. The Bertz CT molecular complexity index is 606. The van der Waals surface area contributed by atoms with Gasteiger partial charge in [0.25, 0.3) is 0 Å². The Kier molecular flexibility index (Phi) is 6.94. The van der Waals surface area contributed by atoms with Gasteiger partial charge < -0.3 is 14.7 Å². The molecule has 1 N–H and O–H groups in total. The van der Waals surface area contributed by atoms with Crippen LogP contribution < -0.4 is 4.74 Å². The van der Waals surface area contributed by atoms with Gasteiger partial charge in [0.2, 0.25) is 5.91 Å². The number of carbonyl (C=O) groups is 3. The van der Waals surface area contributed by atoms with Gasteiger partial charge in [-0.2, -0.15) is 0 Å². The predicted molar refractivity (Wildman–Crippen MR) is 91.8 cm³/mol. The molecule has 0 saturated carbocycles. The molecule has 2 rings (SSSR count). The van der Waals surface area contributed by atoms with E-state index >= 15 is 0 Å². The van der Waals surface area contributed by atoms with Crippen LogP contribution in [0.2, 0.25) is 0 Å². The zero-order valence-electron chi connectivity index (χ0n) is 14.4. The van der Waals surface area contributed by atoms with E-state index in [2.05, 4.69) is 4.90 Å². The highest BCUT2D eigenvalue weighted by Crippen LogP contribution is 2.14. The monoisotopic (exact) mass is 348 g/mol. The molecule has 0 radical (unpaired) electrons. The Morgan fingerprint density at radius 2 is 1.68 bits per heavy atom. The number of ether oxygens (including phenoxy) is 1. The first-order valence-corrected chi connectivity index (χ1v) is 8.41. The standard InChI is InChI=1S/C18H24N2O5/c1-14(21)20-10-8-19(9-11-20)12-13-25-16-4-2-15(3-5-16)17(22)6-7-18(23)24/h2-5H,6-13H2,1H3,(H,23,24). The molecular weight excluding hydrogens is 324 g/mol. The van der Waals surface area contributed by atoms with Gasteiger partial charge in [-0.3, -0.25) is 19.3 Å². The summed E-state index contributed by atoms with van der Waals surface area (Å²) in [6, 6.07) is 6.76. The Labute approximate surface area is 147 Å². The number of nitrogens with zero attached hydrogens (tertiary/aromatic N) is 2. The third-order valence-electron chi connectivity index (χ3n) is 4.24. The zero-order chi connectivity index (χ0) is 18.2. The molecule has 7 heteroatoms. The first-order valence-electron chi connectivity index (χ1n) is 8.41. The summed E-state index contributed by atoms with van der Waals surface area (Å²) < 4.78 is 5.69. The smallest absolute Gasteiger partial charge is 0.303 e. The van der Waals surface area contributed by atoms with E-state index in [0.717, 1.165) is 32.7 Å². The highest BCUT2D eigenvalue weighted by atomic mass is 16.5. The topological polar surface area (TPSA) is 87.2 Å². The van der Waals surface area contributed by atoms with Gasteiger partial charge >= 0.3 is 5.97 Å². The Morgan fingerprint density at radius 1 is 1.04 bits per heavy atom. The summed E-state index contributed by atoms with van der Waals surface area (Å²) in [5.41, 5.74) is 0.494. The third-order valence-corrected chi connectivity index (χ3v) is 4.24. The van der Waals surface area contributed by atoms with E-state index in [1.165, 1.54) is 0 Å². The highest BCUT2D eigenvalue weighted by Gasteiger charge is 2.18. The lowest BCUT2D eigenvalue weighted by atomic mass is 10.1. The molecule has 1 saturated heterocycles. The number of benzene rings is 1. The Hall–Kier alpha value is -2.41. The minimum absolute atomic E-state index is 0.00176. The van der Waals surface area contributed by atoms with Crippen LogP contribution in [0.15, 0.2) is 24.3 Å². The van der Waals surface area contributed by atoms with E-state index in [0.29, 0.717) is 17.9 Å². The van der Waals surface area contributed by atoms with Crippen molar-refractivity contribution < 1.29 is 24.2 Å². The summed E-state index contributed by atoms with van der Waals surface area (Å²) in [5, 5.41) is 8.60. The first kappa shape index (κ1) is 18.9. The number of aliphatic carboxylic acids is 1. The lowest BCUT2D eigenvalue weighted by Crippen LogP contribution is -2.48. The molecule has 1 aromatic carbocycles. The Morgan fingerprint density at radius 3 is 2.24 bits per heavy atom. The number of rotatable bonds is 8. The van der Waals surface area contributed by atoms with Crippen molar-refractivity contribution >= 4 is 17.7 Å². The van der Waals surface area contributed by atoms with Gasteiger partial charge in [-0.1, -0.05) is 0 Å². The van der Waals surface area contributed by atoms with Crippen LogP contribution in [0, 0.1) is 0 Å². The second kappa shape index (κ2) is 9.17. The van der Waals surface area contributed by atoms with Crippen molar-refractivity contribution in [2.75, 3.05) is 39.3 Å². The van der Waals surface area contributed by atoms with Gasteiger partial charge in [-0.05, 0) is 24.3 Å². The number of hydrogen-bond donors (Lipinski definition) is 1. The van der Waals surface area contributed by atoms with Crippen LogP contribution in [0.25, 0.3) is 0 Å². The maximum atomic E-state index is 11.8. The molecule has 0 atom stereocenters. The number of ketones is 1. The molecule has 1 amide bonds. The number of carboxylic acids is 1. The second-order valence-corrected chi connectivity index (χ2v) is 6.04. The molecule has 1 heterocycles. The van der Waals surface area contributed by atoms with E-state index in [1.54, 1.807) is 31.2 Å². The minimum Gasteiger partial charge on any atom is -0.492 e. The molecule has 1 aliphatic heterocycles. The van der Waals surface area contributed by atoms with Crippen LogP contribution in [-0.2, 0) is 9.59 Å². The normalized spacial score (nSPS) is 15.0. The van der Waals surface area contributed by atoms with Crippen LogP contribution in [0.4, 0.5) is 0 Å². The number of piperazine rings is 1. The van der Waals surface area contributed by atoms with Gasteiger partial charge in [0.05, 0.1) is 6.42 Å². The van der Waals surface area contributed by atoms with Crippen LogP contribution in [0.5, 0.6) is 5.75 Å². The third kappa shape index (κ3) is 6.19. The average Bonchev–Trinajstić information content (AvgIpc) is 2.60. The fourth-order valence-corrected chi connectivity index (χ4v) is 2.68. The molecule has 0 aromatic heterocycles. The quantitative estimate of drug-likeness (QED) is 0.712. The predicted octanol–water partition coefficient (Wildman–Crippen LogP) is 1.28. The molecule has 25 heavy (non-hydrogen) atoms. The largest absolute Gasteiger partial charge is 0.492 e. The second-order valence-electron chi connectivity index (χ2n) is 6.04. The van der Waals surface area contributed by atoms with E-state index < -0.39 is 5.97 Å². The Balaban J connectivity index is 1.70. The number of Topliss-reactive ketones (excluding diaryl/α,β-unsaturated/α-hetero) is 1. The molecule has 0 spiro atoms. The van der Waals surface area contributed by atoms with Crippen molar-refractivity contribution in [1.29, 1.82) is 0 Å². The van der Waals surface area contributed by atoms with Crippen molar-refractivity contribution in [3.8, 4) is 5.75 Å². The summed E-state index contributed by atoms with van der Waals surface area (Å²) in [6.45, 7) is 6.11. The van der Waals surface area contributed by atoms with Crippen LogP contribution in [-0.4, -0.2) is 71.9 Å². The van der Waals surface area contributed by atoms with Crippen molar-refractivity contribution in [1.82, 2.24) is 9.80 Å². The summed E-state index contributed by atoms with van der Waals surface area (Å²) in [7, 11) is 0. The van der Waals surface area contributed by atoms with Crippen molar-refractivity contribution in [2.24, 2.45) is 0 Å². The lowest BCUT2D eigenvalue weighted by Gasteiger charge is -2.34. The van der Waals surface area contributed by atoms with E-state index in [4.69, 9.17) is 9.84 Å². The van der Waals surface area contributed by atoms with Gasteiger partial charge in [-0.25, -0.2) is 0 Å². The lowest BCUT2D eigenvalue weighted by molar-refractivity contribution is -0.137. The van der Waals surface area contributed by atoms with Crippen molar-refractivity contribution in [3.63, 3.8) is 0 Å². The highest BCUT2D eigenvalue weighted by molar-refractivity contribution is 5.97. The fraction of sp³-hybridized carbons (Fsp3) is 0.500. The molecule has 136 valence electrons. The number of carboxylic acid groups (broad SMARTS) is 1. The molecule has 7 nitrogen and oxygen atoms in total. The van der Waals surface area contributed by atoms with Gasteiger partial charge in [0.15, 0.2) is 5.78 Å². The molecule has 1 aromatic rings. The summed E-state index contributed by atoms with van der Waals surface area (Å²) in [6.07, 6.45) is -0.157. The van der Waals surface area contributed by atoms with Crippen molar-refractivity contribution in [2.45, 2.75) is 19.8 Å². The molecular formula is C18H24N2O5. The van der Waals surface area contributed by atoms with Crippen LogP contribution in [0.3, 0.4) is 0 Å². The summed E-state index contributed by atoms with van der Waals surface area (Å²) >= 11 is 0. The maximum absolute atomic E-state index is 11.8. The summed E-state index contributed by atoms with van der Waals surface area (Å²) in [4.78, 5) is 37.7. The number of carbonyl (C=O) groups excluding carboxylic acids is 2. The zero-order valence-corrected chi connectivity index (χ0v) is 14.4. The maximum Gasteiger partial charge on any atom is 0.303 e. The van der Waals surface area contributed by atoms with Gasteiger partial charge in [-0.15, -0.1) is 0 Å². The van der Waals surface area contributed by atoms with Gasteiger partial charge in [0.1, 0.15) is 12.4 Å². The van der Waals surface area contributed by atoms with E-state index in [9.17, 15) is 14.4 Å².